The molecule has 0 aromatic heterocycles. The van der Waals surface area contributed by atoms with Crippen LogP contribution in [0.2, 0.25) is 0 Å². The second kappa shape index (κ2) is 3.59. The maximum atomic E-state index is 12.5. The van der Waals surface area contributed by atoms with Crippen molar-refractivity contribution in [3.8, 4) is 0 Å². The Kier molecular flexibility index (Phi) is 2.57. The molecule has 0 heterocycles. The van der Waals surface area contributed by atoms with Gasteiger partial charge < -0.3 is 4.90 Å². The second-order valence-corrected chi connectivity index (χ2v) is 6.11. The molecule has 1 aromatic carbocycles. The molecule has 0 spiro atoms. The molecule has 1 fully saturated rings. The van der Waals surface area contributed by atoms with Gasteiger partial charge in [-0.3, -0.25) is 4.79 Å². The van der Waals surface area contributed by atoms with Crippen molar-refractivity contribution in [3.63, 3.8) is 0 Å². The fourth-order valence-corrected chi connectivity index (χ4v) is 2.79. The van der Waals surface area contributed by atoms with Gasteiger partial charge in [0.25, 0.3) is 0 Å². The van der Waals surface area contributed by atoms with Crippen LogP contribution in [0.1, 0.15) is 27.7 Å². The minimum Gasteiger partial charge on any atom is -0.315 e. The molecule has 0 atom stereocenters. The Morgan fingerprint density at radius 1 is 1.06 bits per heavy atom. The number of amides is 1. The topological polar surface area (TPSA) is 20.3 Å². The fraction of sp³-hybridized carbons (Fsp3) is 0.533. The maximum absolute atomic E-state index is 12.5. The number of hydrogen-bond donors (Lipinski definition) is 0. The molecule has 0 bridgehead atoms. The Balaban J connectivity index is 2.19. The average Bonchev–Trinajstić information content (AvgIpc) is 2.69. The summed E-state index contributed by atoms with van der Waals surface area (Å²) in [6.45, 7) is 8.70. The summed E-state index contributed by atoms with van der Waals surface area (Å²) in [6, 6.07) is 9.83. The Hall–Kier alpha value is -1.31. The van der Waals surface area contributed by atoms with Gasteiger partial charge in [-0.1, -0.05) is 45.9 Å². The summed E-state index contributed by atoms with van der Waals surface area (Å²) in [7, 11) is 1.86. The lowest BCUT2D eigenvalue weighted by Crippen LogP contribution is -2.29. The van der Waals surface area contributed by atoms with Crippen LogP contribution in [0.15, 0.2) is 30.3 Å². The molecular formula is C15H21NO. The molecule has 2 rings (SSSR count). The van der Waals surface area contributed by atoms with Crippen LogP contribution in [0.4, 0.5) is 5.69 Å². The molecule has 1 aromatic rings. The van der Waals surface area contributed by atoms with E-state index in [-0.39, 0.29) is 22.7 Å². The lowest BCUT2D eigenvalue weighted by atomic mass is 10.0. The number of carbonyl (C=O) groups is 1. The standard InChI is InChI=1S/C15H21NO/c1-14(2)12(15(14,3)4)13(17)16(5)11-9-7-6-8-10-11/h6-10,12H,1-5H3. The number of para-hydroxylation sites is 1. The molecule has 2 heteroatoms. The van der Waals surface area contributed by atoms with Gasteiger partial charge in [-0.25, -0.2) is 0 Å². The minimum atomic E-state index is 0.104. The van der Waals surface area contributed by atoms with Crippen molar-refractivity contribution < 1.29 is 4.79 Å². The molecule has 2 nitrogen and oxygen atoms in total. The lowest BCUT2D eigenvalue weighted by molar-refractivity contribution is -0.120. The van der Waals surface area contributed by atoms with E-state index >= 15 is 0 Å². The largest absolute Gasteiger partial charge is 0.315 e. The van der Waals surface area contributed by atoms with E-state index in [9.17, 15) is 4.79 Å². The van der Waals surface area contributed by atoms with Crippen LogP contribution in [-0.4, -0.2) is 13.0 Å². The van der Waals surface area contributed by atoms with Crippen molar-refractivity contribution in [3.05, 3.63) is 30.3 Å². The van der Waals surface area contributed by atoms with Gasteiger partial charge in [0.2, 0.25) is 5.91 Å². The summed E-state index contributed by atoms with van der Waals surface area (Å²) in [5.41, 5.74) is 1.18. The lowest BCUT2D eigenvalue weighted by Gasteiger charge is -2.18. The summed E-state index contributed by atoms with van der Waals surface area (Å²) in [4.78, 5) is 14.2. The zero-order chi connectivity index (χ0) is 12.8. The van der Waals surface area contributed by atoms with Crippen LogP contribution in [0.5, 0.6) is 0 Å². The first-order chi connectivity index (χ1) is 7.80. The molecule has 1 aliphatic carbocycles. The third kappa shape index (κ3) is 1.67. The Labute approximate surface area is 104 Å². The van der Waals surface area contributed by atoms with E-state index < -0.39 is 0 Å². The molecule has 0 N–H and O–H groups in total. The summed E-state index contributed by atoms with van der Waals surface area (Å²) in [5, 5.41) is 0. The first kappa shape index (κ1) is 12.2. The van der Waals surface area contributed by atoms with Crippen LogP contribution < -0.4 is 4.90 Å². The van der Waals surface area contributed by atoms with Gasteiger partial charge in [-0.05, 0) is 23.0 Å². The van der Waals surface area contributed by atoms with Crippen LogP contribution in [0.3, 0.4) is 0 Å². The van der Waals surface area contributed by atoms with E-state index in [2.05, 4.69) is 27.7 Å². The van der Waals surface area contributed by atoms with Crippen molar-refractivity contribution in [2.45, 2.75) is 27.7 Å². The molecular weight excluding hydrogens is 210 g/mol. The fourth-order valence-electron chi connectivity index (χ4n) is 2.79. The molecule has 1 aliphatic rings. The molecule has 17 heavy (non-hydrogen) atoms. The third-order valence-corrected chi connectivity index (χ3v) is 4.74. The van der Waals surface area contributed by atoms with Crippen LogP contribution in [0, 0.1) is 16.7 Å². The smallest absolute Gasteiger partial charge is 0.230 e. The number of rotatable bonds is 2. The SMILES string of the molecule is CN(C(=O)C1C(C)(C)C1(C)C)c1ccccc1. The van der Waals surface area contributed by atoms with Crippen LogP contribution in [-0.2, 0) is 4.79 Å². The number of nitrogens with zero attached hydrogens (tertiary/aromatic N) is 1. The van der Waals surface area contributed by atoms with E-state index in [0.29, 0.717) is 0 Å². The summed E-state index contributed by atoms with van der Waals surface area (Å²) in [6.07, 6.45) is 0. The Morgan fingerprint density at radius 3 is 1.94 bits per heavy atom. The van der Waals surface area contributed by atoms with Gasteiger partial charge in [-0.2, -0.15) is 0 Å². The number of anilines is 1. The predicted molar refractivity (Wildman–Crippen MR) is 70.9 cm³/mol. The molecule has 1 amide bonds. The Morgan fingerprint density at radius 2 is 1.53 bits per heavy atom. The average molecular weight is 231 g/mol. The zero-order valence-corrected chi connectivity index (χ0v) is 11.3. The normalized spacial score (nSPS) is 21.0. The van der Waals surface area contributed by atoms with Gasteiger partial charge >= 0.3 is 0 Å². The van der Waals surface area contributed by atoms with Gasteiger partial charge in [0, 0.05) is 18.7 Å². The molecule has 1 saturated carbocycles. The minimum absolute atomic E-state index is 0.104. The Bertz CT molecular complexity index is 419. The zero-order valence-electron chi connectivity index (χ0n) is 11.3. The van der Waals surface area contributed by atoms with Crippen LogP contribution >= 0.6 is 0 Å². The second-order valence-electron chi connectivity index (χ2n) is 6.11. The highest BCUT2D eigenvalue weighted by Crippen LogP contribution is 2.68. The van der Waals surface area contributed by atoms with Crippen molar-refractivity contribution in [2.75, 3.05) is 11.9 Å². The van der Waals surface area contributed by atoms with Gasteiger partial charge in [0.05, 0.1) is 0 Å². The molecule has 0 radical (unpaired) electrons. The van der Waals surface area contributed by atoms with Crippen molar-refractivity contribution in [1.29, 1.82) is 0 Å². The number of benzene rings is 1. The van der Waals surface area contributed by atoms with Crippen LogP contribution in [0.25, 0.3) is 0 Å². The van der Waals surface area contributed by atoms with E-state index in [4.69, 9.17) is 0 Å². The number of carbonyl (C=O) groups excluding carboxylic acids is 1. The monoisotopic (exact) mass is 231 g/mol. The highest BCUT2D eigenvalue weighted by atomic mass is 16.2. The maximum Gasteiger partial charge on any atom is 0.230 e. The quantitative estimate of drug-likeness (QED) is 0.764. The molecule has 0 aliphatic heterocycles. The molecule has 92 valence electrons. The van der Waals surface area contributed by atoms with E-state index in [1.54, 1.807) is 4.90 Å². The van der Waals surface area contributed by atoms with Gasteiger partial charge in [-0.15, -0.1) is 0 Å². The van der Waals surface area contributed by atoms with Gasteiger partial charge in [0.1, 0.15) is 0 Å². The first-order valence-corrected chi connectivity index (χ1v) is 6.13. The summed E-state index contributed by atoms with van der Waals surface area (Å²) in [5.74, 6) is 0.353. The van der Waals surface area contributed by atoms with Crippen molar-refractivity contribution in [1.82, 2.24) is 0 Å². The van der Waals surface area contributed by atoms with E-state index in [1.807, 2.05) is 37.4 Å². The van der Waals surface area contributed by atoms with E-state index in [1.165, 1.54) is 0 Å². The van der Waals surface area contributed by atoms with E-state index in [0.717, 1.165) is 5.69 Å². The summed E-state index contributed by atoms with van der Waals surface area (Å²) < 4.78 is 0. The highest BCUT2D eigenvalue weighted by Gasteiger charge is 2.68. The predicted octanol–water partition coefficient (Wildman–Crippen LogP) is 3.33. The molecule has 0 saturated heterocycles. The number of hydrogen-bond acceptors (Lipinski definition) is 1. The summed E-state index contributed by atoms with van der Waals surface area (Å²) >= 11 is 0. The highest BCUT2D eigenvalue weighted by molar-refractivity contribution is 5.97. The third-order valence-electron chi connectivity index (χ3n) is 4.74. The van der Waals surface area contributed by atoms with Crippen molar-refractivity contribution in [2.24, 2.45) is 16.7 Å². The molecule has 0 unspecified atom stereocenters. The first-order valence-electron chi connectivity index (χ1n) is 6.13. The van der Waals surface area contributed by atoms with Gasteiger partial charge in [0.15, 0.2) is 0 Å². The van der Waals surface area contributed by atoms with Crippen molar-refractivity contribution >= 4 is 11.6 Å².